The van der Waals surface area contributed by atoms with Crippen LogP contribution in [0, 0.1) is 0 Å². The standard InChI is InChI=1S/C14H19N3O2/c1-2-12(8-9-18)15-10-13-16-17-14(19-13)11-6-4-3-5-7-11/h3-7,12,15,18H,2,8-10H2,1H3. The van der Waals surface area contributed by atoms with Crippen LogP contribution in [-0.2, 0) is 6.54 Å². The predicted molar refractivity (Wildman–Crippen MR) is 72.4 cm³/mol. The summed E-state index contributed by atoms with van der Waals surface area (Å²) in [4.78, 5) is 0. The SMILES string of the molecule is CCC(CCO)NCc1nnc(-c2ccccc2)o1. The van der Waals surface area contributed by atoms with Crippen LogP contribution in [-0.4, -0.2) is 28.0 Å². The molecule has 1 unspecified atom stereocenters. The molecule has 5 nitrogen and oxygen atoms in total. The van der Waals surface area contributed by atoms with E-state index in [1.807, 2.05) is 30.3 Å². The Morgan fingerprint density at radius 3 is 2.74 bits per heavy atom. The molecular weight excluding hydrogens is 242 g/mol. The summed E-state index contributed by atoms with van der Waals surface area (Å²) in [5, 5.41) is 20.3. The molecule has 0 saturated carbocycles. The first-order valence-corrected chi connectivity index (χ1v) is 6.55. The third-order valence-electron chi connectivity index (χ3n) is 3.00. The molecule has 102 valence electrons. The van der Waals surface area contributed by atoms with Gasteiger partial charge in [-0.3, -0.25) is 0 Å². The fraction of sp³-hybridized carbons (Fsp3) is 0.429. The van der Waals surface area contributed by atoms with Gasteiger partial charge in [-0.15, -0.1) is 10.2 Å². The van der Waals surface area contributed by atoms with Crippen LogP contribution in [0.25, 0.3) is 11.5 Å². The van der Waals surface area contributed by atoms with Gasteiger partial charge < -0.3 is 14.8 Å². The summed E-state index contributed by atoms with van der Waals surface area (Å²) in [6.07, 6.45) is 1.69. The zero-order chi connectivity index (χ0) is 13.5. The van der Waals surface area contributed by atoms with E-state index in [0.717, 1.165) is 18.4 Å². The predicted octanol–water partition coefficient (Wildman–Crippen LogP) is 1.99. The van der Waals surface area contributed by atoms with Crippen molar-refractivity contribution in [3.63, 3.8) is 0 Å². The lowest BCUT2D eigenvalue weighted by atomic mass is 10.1. The summed E-state index contributed by atoms with van der Waals surface area (Å²) in [7, 11) is 0. The molecule has 1 heterocycles. The molecule has 5 heteroatoms. The van der Waals surface area contributed by atoms with E-state index in [9.17, 15) is 0 Å². The fourth-order valence-corrected chi connectivity index (χ4v) is 1.86. The second-order valence-corrected chi connectivity index (χ2v) is 4.37. The number of nitrogens with zero attached hydrogens (tertiary/aromatic N) is 2. The molecule has 0 radical (unpaired) electrons. The average Bonchev–Trinajstić information content (AvgIpc) is 2.93. The van der Waals surface area contributed by atoms with Crippen molar-refractivity contribution in [1.82, 2.24) is 15.5 Å². The van der Waals surface area contributed by atoms with Crippen LogP contribution in [0.2, 0.25) is 0 Å². The Kier molecular flexibility index (Phi) is 5.06. The lowest BCUT2D eigenvalue weighted by molar-refractivity contribution is 0.259. The molecule has 0 amide bonds. The van der Waals surface area contributed by atoms with Gasteiger partial charge in [-0.05, 0) is 25.0 Å². The maximum absolute atomic E-state index is 8.93. The molecule has 0 saturated heterocycles. The van der Waals surface area contributed by atoms with Gasteiger partial charge in [0, 0.05) is 18.2 Å². The lowest BCUT2D eigenvalue weighted by Crippen LogP contribution is -2.28. The topological polar surface area (TPSA) is 71.2 Å². The van der Waals surface area contributed by atoms with Crippen LogP contribution in [0.3, 0.4) is 0 Å². The van der Waals surface area contributed by atoms with Gasteiger partial charge in [-0.25, -0.2) is 0 Å². The molecule has 0 aliphatic rings. The molecule has 2 N–H and O–H groups in total. The summed E-state index contributed by atoms with van der Waals surface area (Å²) in [6.45, 7) is 2.79. The molecule has 1 atom stereocenters. The Labute approximate surface area is 112 Å². The van der Waals surface area contributed by atoms with Gasteiger partial charge in [0.25, 0.3) is 0 Å². The molecule has 0 fully saturated rings. The zero-order valence-electron chi connectivity index (χ0n) is 11.0. The number of aromatic nitrogens is 2. The van der Waals surface area contributed by atoms with E-state index in [0.29, 0.717) is 18.3 Å². The number of benzene rings is 1. The largest absolute Gasteiger partial charge is 0.419 e. The number of aliphatic hydroxyl groups excluding tert-OH is 1. The van der Waals surface area contributed by atoms with Crippen molar-refractivity contribution < 1.29 is 9.52 Å². The maximum atomic E-state index is 8.93. The molecule has 0 bridgehead atoms. The van der Waals surface area contributed by atoms with Crippen molar-refractivity contribution in [1.29, 1.82) is 0 Å². The minimum Gasteiger partial charge on any atom is -0.419 e. The number of hydrogen-bond acceptors (Lipinski definition) is 5. The highest BCUT2D eigenvalue weighted by molar-refractivity contribution is 5.51. The normalized spacial score (nSPS) is 12.5. The van der Waals surface area contributed by atoms with Gasteiger partial charge in [0.2, 0.25) is 11.8 Å². The molecule has 0 spiro atoms. The van der Waals surface area contributed by atoms with Crippen LogP contribution in [0.1, 0.15) is 25.7 Å². The number of aliphatic hydroxyl groups is 1. The smallest absolute Gasteiger partial charge is 0.247 e. The first kappa shape index (κ1) is 13.7. The Hall–Kier alpha value is -1.72. The Balaban J connectivity index is 1.94. The Bertz CT molecular complexity index is 484. The number of hydrogen-bond donors (Lipinski definition) is 2. The molecule has 19 heavy (non-hydrogen) atoms. The van der Waals surface area contributed by atoms with E-state index in [4.69, 9.17) is 9.52 Å². The van der Waals surface area contributed by atoms with Gasteiger partial charge in [0.05, 0.1) is 6.54 Å². The third kappa shape index (κ3) is 3.87. The van der Waals surface area contributed by atoms with Crippen molar-refractivity contribution in [2.24, 2.45) is 0 Å². The highest BCUT2D eigenvalue weighted by Gasteiger charge is 2.10. The molecule has 2 aromatic rings. The van der Waals surface area contributed by atoms with Gasteiger partial charge in [0.15, 0.2) is 0 Å². The van der Waals surface area contributed by atoms with Crippen molar-refractivity contribution in [2.75, 3.05) is 6.61 Å². The van der Waals surface area contributed by atoms with Gasteiger partial charge in [0.1, 0.15) is 0 Å². The molecule has 0 aliphatic carbocycles. The number of rotatable bonds is 7. The third-order valence-corrected chi connectivity index (χ3v) is 3.00. The Morgan fingerprint density at radius 1 is 1.26 bits per heavy atom. The van der Waals surface area contributed by atoms with Gasteiger partial charge in [-0.2, -0.15) is 0 Å². The number of nitrogens with one attached hydrogen (secondary N) is 1. The Morgan fingerprint density at radius 2 is 2.05 bits per heavy atom. The lowest BCUT2D eigenvalue weighted by Gasteiger charge is -2.13. The van der Waals surface area contributed by atoms with E-state index in [1.54, 1.807) is 0 Å². The minimum absolute atomic E-state index is 0.185. The van der Waals surface area contributed by atoms with E-state index < -0.39 is 0 Å². The van der Waals surface area contributed by atoms with Crippen LogP contribution in [0.5, 0.6) is 0 Å². The fourth-order valence-electron chi connectivity index (χ4n) is 1.86. The highest BCUT2D eigenvalue weighted by Crippen LogP contribution is 2.16. The van der Waals surface area contributed by atoms with E-state index in [1.165, 1.54) is 0 Å². The van der Waals surface area contributed by atoms with E-state index in [-0.39, 0.29) is 12.6 Å². The first-order valence-electron chi connectivity index (χ1n) is 6.55. The average molecular weight is 261 g/mol. The van der Waals surface area contributed by atoms with Gasteiger partial charge in [-0.1, -0.05) is 25.1 Å². The van der Waals surface area contributed by atoms with Crippen LogP contribution < -0.4 is 5.32 Å². The second kappa shape index (κ2) is 7.01. The van der Waals surface area contributed by atoms with Crippen LogP contribution in [0.4, 0.5) is 0 Å². The summed E-state index contributed by atoms with van der Waals surface area (Å²) in [5.74, 6) is 1.10. The van der Waals surface area contributed by atoms with Crippen molar-refractivity contribution in [3.8, 4) is 11.5 Å². The summed E-state index contributed by atoms with van der Waals surface area (Å²) >= 11 is 0. The van der Waals surface area contributed by atoms with Crippen LogP contribution in [0.15, 0.2) is 34.7 Å². The molecular formula is C14H19N3O2. The van der Waals surface area contributed by atoms with Crippen molar-refractivity contribution in [3.05, 3.63) is 36.2 Å². The molecule has 0 aliphatic heterocycles. The summed E-state index contributed by atoms with van der Waals surface area (Å²) < 4.78 is 5.60. The quantitative estimate of drug-likeness (QED) is 0.797. The van der Waals surface area contributed by atoms with E-state index >= 15 is 0 Å². The van der Waals surface area contributed by atoms with Crippen molar-refractivity contribution in [2.45, 2.75) is 32.4 Å². The van der Waals surface area contributed by atoms with Crippen LogP contribution >= 0.6 is 0 Å². The van der Waals surface area contributed by atoms with Crippen molar-refractivity contribution >= 4 is 0 Å². The second-order valence-electron chi connectivity index (χ2n) is 4.37. The molecule has 1 aromatic heterocycles. The zero-order valence-corrected chi connectivity index (χ0v) is 11.0. The van der Waals surface area contributed by atoms with E-state index in [2.05, 4.69) is 22.4 Å². The minimum atomic E-state index is 0.185. The molecule has 2 rings (SSSR count). The summed E-state index contributed by atoms with van der Waals surface area (Å²) in [6, 6.07) is 9.97. The first-order chi connectivity index (χ1) is 9.33. The maximum Gasteiger partial charge on any atom is 0.247 e. The highest BCUT2D eigenvalue weighted by atomic mass is 16.4. The summed E-state index contributed by atoms with van der Waals surface area (Å²) in [5.41, 5.74) is 0.920. The van der Waals surface area contributed by atoms with Gasteiger partial charge >= 0.3 is 0 Å². The molecule has 1 aromatic carbocycles. The monoisotopic (exact) mass is 261 g/mol.